The minimum absolute atomic E-state index is 0.217. The number of rotatable bonds is 9. The number of fused-ring (bicyclic) bond motifs is 2. The van der Waals surface area contributed by atoms with Gasteiger partial charge >= 0.3 is 29.6 Å². The van der Waals surface area contributed by atoms with E-state index in [-0.39, 0.29) is 28.1 Å². The first-order valence-electron chi connectivity index (χ1n) is 11.8. The average Bonchev–Trinajstić information content (AvgIpc) is 2.84. The van der Waals surface area contributed by atoms with Gasteiger partial charge in [-0.05, 0) is 24.6 Å². The number of esters is 4. The van der Waals surface area contributed by atoms with Crippen LogP contribution in [0.5, 0.6) is 0 Å². The van der Waals surface area contributed by atoms with E-state index in [9.17, 15) is 34.0 Å². The van der Waals surface area contributed by atoms with Crippen LogP contribution in [-0.2, 0) is 44.7 Å². The molecule has 0 unspecified atom stereocenters. The van der Waals surface area contributed by atoms with E-state index in [4.69, 9.17) is 18.9 Å². The number of carbonyl (C=O) groups is 4. The van der Waals surface area contributed by atoms with Crippen molar-refractivity contribution in [3.8, 4) is 17.6 Å². The molecule has 0 radical (unpaired) electrons. The number of aromatic amines is 1. The molecule has 0 saturated heterocycles. The number of aromatic nitrogens is 4. The lowest BCUT2D eigenvalue weighted by atomic mass is 10.1. The molecule has 1 aromatic carbocycles. The summed E-state index contributed by atoms with van der Waals surface area (Å²) in [5, 5.41) is 9.60. The second kappa shape index (κ2) is 12.2. The first-order valence-corrected chi connectivity index (χ1v) is 11.8. The van der Waals surface area contributed by atoms with E-state index in [1.165, 1.54) is 10.6 Å². The Morgan fingerprint density at radius 2 is 1.57 bits per heavy atom. The molecule has 0 aromatic heterocycles. The smallest absolute Gasteiger partial charge is 0.349 e. The van der Waals surface area contributed by atoms with Gasteiger partial charge in [0.15, 0.2) is 29.8 Å². The largest absolute Gasteiger partial charge is 0.462 e. The minimum atomic E-state index is -1.54. The van der Waals surface area contributed by atoms with Crippen molar-refractivity contribution in [2.24, 2.45) is 0 Å². The molecule has 1 N–H and O–H groups in total. The summed E-state index contributed by atoms with van der Waals surface area (Å²) in [6.07, 6.45) is -4.42. The number of carbonyl (C=O) groups excluding carboxylic acids is 4. The highest BCUT2D eigenvalue weighted by Crippen LogP contribution is 2.26. The lowest BCUT2D eigenvalue weighted by Gasteiger charge is -2.32. The van der Waals surface area contributed by atoms with Crippen LogP contribution in [0.3, 0.4) is 0 Å². The van der Waals surface area contributed by atoms with Crippen LogP contribution in [-0.4, -0.2) is 68.3 Å². The van der Waals surface area contributed by atoms with E-state index in [0.717, 1.165) is 27.7 Å². The summed E-state index contributed by atoms with van der Waals surface area (Å²) in [6, 6.07) is 5.02. The summed E-state index contributed by atoms with van der Waals surface area (Å²) in [6.45, 7) is 4.98. The third-order valence-corrected chi connectivity index (χ3v) is 5.56. The Balaban J connectivity index is 2.31. The molecule has 0 amide bonds. The van der Waals surface area contributed by atoms with Gasteiger partial charge in [-0.1, -0.05) is 0 Å². The lowest BCUT2D eigenvalue weighted by molar-refractivity contribution is -0.190. The molecule has 0 spiro atoms. The topological polar surface area (TPSA) is 210 Å². The zero-order valence-corrected chi connectivity index (χ0v) is 22.2. The van der Waals surface area contributed by atoms with Gasteiger partial charge in [-0.15, -0.1) is 0 Å². The van der Waals surface area contributed by atoms with Crippen LogP contribution in [0, 0.1) is 18.3 Å². The maximum absolute atomic E-state index is 12.6. The van der Waals surface area contributed by atoms with E-state index in [0.29, 0.717) is 5.56 Å². The highest BCUT2D eigenvalue weighted by molar-refractivity contribution is 5.82. The number of hydrogen-bond donors (Lipinski definition) is 1. The molecule has 15 heteroatoms. The molecule has 0 bridgehead atoms. The normalized spacial score (nSPS) is 13.1. The number of ether oxygens (including phenoxy) is 4. The summed E-state index contributed by atoms with van der Waals surface area (Å²) in [7, 11) is 0. The van der Waals surface area contributed by atoms with Gasteiger partial charge in [-0.25, -0.2) is 9.78 Å². The van der Waals surface area contributed by atoms with Gasteiger partial charge in [0.05, 0.1) is 29.2 Å². The van der Waals surface area contributed by atoms with E-state index in [2.05, 4.69) is 9.97 Å². The fourth-order valence-electron chi connectivity index (χ4n) is 4.04. The summed E-state index contributed by atoms with van der Waals surface area (Å²) >= 11 is 0. The van der Waals surface area contributed by atoms with Crippen molar-refractivity contribution in [1.82, 2.24) is 19.5 Å². The number of nitrogens with one attached hydrogen (secondary N) is 1. The Kier molecular flexibility index (Phi) is 8.94. The monoisotopic (exact) mass is 555 g/mol. The van der Waals surface area contributed by atoms with Crippen molar-refractivity contribution in [2.75, 3.05) is 6.61 Å². The van der Waals surface area contributed by atoms with Crippen molar-refractivity contribution >= 4 is 34.9 Å². The molecular formula is C25H25N5O10. The molecule has 0 fully saturated rings. The first kappa shape index (κ1) is 29.4. The second-order valence-electron chi connectivity index (χ2n) is 8.71. The van der Waals surface area contributed by atoms with Crippen LogP contribution in [0.2, 0.25) is 0 Å². The highest BCUT2D eigenvalue weighted by atomic mass is 16.6. The number of nitriles is 1. The predicted octanol–water partition coefficient (Wildman–Crippen LogP) is 0.123. The number of benzene rings is 1. The maximum Gasteiger partial charge on any atom is 0.349 e. The molecule has 2 aliphatic heterocycles. The van der Waals surface area contributed by atoms with Crippen LogP contribution in [0.15, 0.2) is 21.7 Å². The summed E-state index contributed by atoms with van der Waals surface area (Å²) in [5.41, 5.74) is -0.842. The van der Waals surface area contributed by atoms with Crippen LogP contribution < -0.4 is 11.2 Å². The fraction of sp³-hybridized carbons (Fsp3) is 0.400. The third-order valence-electron chi connectivity index (χ3n) is 5.56. The predicted molar refractivity (Wildman–Crippen MR) is 134 cm³/mol. The van der Waals surface area contributed by atoms with Crippen molar-refractivity contribution in [2.45, 2.75) is 59.5 Å². The van der Waals surface area contributed by atoms with Gasteiger partial charge in [0, 0.05) is 27.7 Å². The number of hydrogen-bond acceptors (Lipinski definition) is 13. The van der Waals surface area contributed by atoms with Crippen LogP contribution in [0.1, 0.15) is 38.8 Å². The van der Waals surface area contributed by atoms with Crippen LogP contribution in [0.25, 0.3) is 22.6 Å². The molecule has 0 saturated carbocycles. The van der Waals surface area contributed by atoms with Crippen molar-refractivity contribution in [1.29, 1.82) is 5.26 Å². The number of nitrogens with zero attached hydrogens (tertiary/aromatic N) is 4. The Labute approximate surface area is 226 Å². The number of H-pyrrole nitrogens is 1. The Hall–Kier alpha value is -5.13. The quantitative estimate of drug-likeness (QED) is 0.211. The van der Waals surface area contributed by atoms with Crippen molar-refractivity contribution in [3.63, 3.8) is 0 Å². The van der Waals surface area contributed by atoms with Gasteiger partial charge in [-0.2, -0.15) is 10.2 Å². The van der Waals surface area contributed by atoms with E-state index in [1.807, 2.05) is 11.1 Å². The van der Waals surface area contributed by atoms with Gasteiger partial charge < -0.3 is 23.5 Å². The standard InChI is InChI=1S/C25H25N5O10/c1-11-6-17-18(7-16(11)8-26)30(23-21(27-17)24(35)29-25(36)28-23)9-19(38-13(3)32)22(40-15(5)34)20(39-14(4)33)10-37-12(2)31/h6-7,19-20,22H,9-10H2,1-5H3,(H,29,35,36)/t19-,20+,22-/m0/s1. The summed E-state index contributed by atoms with van der Waals surface area (Å²) < 4.78 is 22.4. The molecule has 1 aromatic rings. The summed E-state index contributed by atoms with van der Waals surface area (Å²) in [5.74, 6) is -3.45. The van der Waals surface area contributed by atoms with Crippen molar-refractivity contribution < 1.29 is 38.1 Å². The van der Waals surface area contributed by atoms with E-state index < -0.39 is 66.6 Å². The zero-order chi connectivity index (χ0) is 29.7. The van der Waals surface area contributed by atoms with Crippen LogP contribution >= 0.6 is 0 Å². The number of aryl methyl sites for hydroxylation is 1. The van der Waals surface area contributed by atoms with Crippen molar-refractivity contribution in [3.05, 3.63) is 44.1 Å². The van der Waals surface area contributed by atoms with Crippen LogP contribution in [0.4, 0.5) is 0 Å². The first-order chi connectivity index (χ1) is 18.8. The fourth-order valence-corrected chi connectivity index (χ4v) is 4.04. The van der Waals surface area contributed by atoms with Gasteiger partial charge in [0.2, 0.25) is 0 Å². The SMILES string of the molecule is CC(=O)OC[C@@H](OC(C)=O)[C@@H](OC(C)=O)[C@H](Cn1c2nc(=O)[nH]c(=O)c-2nc2cc(C)c(C#N)cc21)OC(C)=O. The molecule has 210 valence electrons. The Bertz CT molecular complexity index is 1620. The Morgan fingerprint density at radius 1 is 0.950 bits per heavy atom. The van der Waals surface area contributed by atoms with Gasteiger partial charge in [-0.3, -0.25) is 29.0 Å². The van der Waals surface area contributed by atoms with E-state index in [1.54, 1.807) is 13.0 Å². The maximum atomic E-state index is 12.6. The second-order valence-corrected chi connectivity index (χ2v) is 8.71. The molecule has 0 aliphatic carbocycles. The zero-order valence-electron chi connectivity index (χ0n) is 22.2. The summed E-state index contributed by atoms with van der Waals surface area (Å²) in [4.78, 5) is 82.7. The highest BCUT2D eigenvalue weighted by Gasteiger charge is 2.39. The molecule has 2 aliphatic rings. The molecule has 3 atom stereocenters. The average molecular weight is 556 g/mol. The molecule has 3 rings (SSSR count). The molecule has 40 heavy (non-hydrogen) atoms. The van der Waals surface area contributed by atoms with Gasteiger partial charge in [0.25, 0.3) is 5.56 Å². The lowest BCUT2D eigenvalue weighted by Crippen LogP contribution is -2.49. The molecule has 2 heterocycles. The minimum Gasteiger partial charge on any atom is -0.462 e. The molecular weight excluding hydrogens is 530 g/mol. The molecule has 15 nitrogen and oxygen atoms in total. The Morgan fingerprint density at radius 3 is 2.15 bits per heavy atom. The van der Waals surface area contributed by atoms with Gasteiger partial charge in [0.1, 0.15) is 6.61 Å². The van der Waals surface area contributed by atoms with E-state index >= 15 is 0 Å². The third kappa shape index (κ3) is 6.84.